The molecule has 4 aromatic carbocycles. The number of carbonyl (C=O) groups is 1. The Bertz CT molecular complexity index is 1660. The van der Waals surface area contributed by atoms with Crippen molar-refractivity contribution < 1.29 is 9.21 Å². The Morgan fingerprint density at radius 3 is 2.63 bits per heavy atom. The molecule has 10 heteroatoms. The molecule has 0 unspecified atom stereocenters. The summed E-state index contributed by atoms with van der Waals surface area (Å²) in [6.07, 6.45) is 0. The Balaban J connectivity index is 1.38. The zero-order valence-corrected chi connectivity index (χ0v) is 25.0. The fourth-order valence-electron chi connectivity index (χ4n) is 3.63. The highest BCUT2D eigenvalue weighted by atomic mass is 127. The maximum atomic E-state index is 12.8. The summed E-state index contributed by atoms with van der Waals surface area (Å²) in [7, 11) is 0. The number of carbonyl (C=O) groups excluding carboxylic acids is 1. The molecule has 1 amide bonds. The van der Waals surface area contributed by atoms with E-state index in [0.717, 1.165) is 27.9 Å². The molecular weight excluding hydrogens is 776 g/mol. The number of aromatic nitrogens is 1. The van der Waals surface area contributed by atoms with Crippen LogP contribution >= 0.6 is 84.9 Å². The number of benzene rings is 4. The first kappa shape index (κ1) is 24.9. The number of hydrogen-bond donors (Lipinski definition) is 2. The number of fused-ring (bicyclic) bond motifs is 2. The van der Waals surface area contributed by atoms with Crippen molar-refractivity contribution in [1.82, 2.24) is 10.3 Å². The lowest BCUT2D eigenvalue weighted by atomic mass is 10.0. The SMILES string of the molecule is O=C(NC(=S)Nc1ccc2oc(-c3cccc4c(Cl)cccc34)nc2c1)c1cc(I)cc(I)c1Br. The molecule has 0 aliphatic carbocycles. The Morgan fingerprint density at radius 2 is 1.80 bits per heavy atom. The molecule has 0 saturated heterocycles. The molecule has 5 aromatic rings. The van der Waals surface area contributed by atoms with E-state index >= 15 is 0 Å². The number of oxazole rings is 1. The number of nitrogens with zero attached hydrogens (tertiary/aromatic N) is 1. The van der Waals surface area contributed by atoms with Crippen molar-refractivity contribution in [2.75, 3.05) is 5.32 Å². The van der Waals surface area contributed by atoms with Crippen molar-refractivity contribution in [2.45, 2.75) is 0 Å². The van der Waals surface area contributed by atoms with Crippen LogP contribution in [0.4, 0.5) is 5.69 Å². The highest BCUT2D eigenvalue weighted by molar-refractivity contribution is 14.1. The number of amides is 1. The number of rotatable bonds is 3. The molecule has 174 valence electrons. The van der Waals surface area contributed by atoms with Crippen LogP contribution in [0.3, 0.4) is 0 Å². The van der Waals surface area contributed by atoms with Crippen LogP contribution < -0.4 is 10.6 Å². The molecule has 5 rings (SSSR count). The van der Waals surface area contributed by atoms with Gasteiger partial charge < -0.3 is 9.73 Å². The van der Waals surface area contributed by atoms with Gasteiger partial charge in [0, 0.05) is 33.3 Å². The fraction of sp³-hybridized carbons (Fsp3) is 0. The van der Waals surface area contributed by atoms with Crippen LogP contribution in [0.2, 0.25) is 5.02 Å². The van der Waals surface area contributed by atoms with Crippen molar-refractivity contribution in [3.8, 4) is 11.5 Å². The molecule has 0 radical (unpaired) electrons. The quantitative estimate of drug-likeness (QED) is 0.109. The predicted octanol–water partition coefficient (Wildman–Crippen LogP) is 8.40. The van der Waals surface area contributed by atoms with E-state index in [1.54, 1.807) is 6.07 Å². The number of anilines is 1. The molecule has 0 fully saturated rings. The van der Waals surface area contributed by atoms with Crippen LogP contribution in [0.1, 0.15) is 10.4 Å². The number of hydrogen-bond acceptors (Lipinski definition) is 4. The maximum Gasteiger partial charge on any atom is 0.258 e. The Kier molecular flexibility index (Phi) is 7.31. The highest BCUT2D eigenvalue weighted by Gasteiger charge is 2.16. The molecule has 0 saturated carbocycles. The molecular formula is C25H13BrClI2N3O2S. The molecule has 35 heavy (non-hydrogen) atoms. The second kappa shape index (κ2) is 10.3. The molecule has 0 bridgehead atoms. The third kappa shape index (κ3) is 5.19. The third-order valence-corrected chi connectivity index (χ3v) is 8.81. The van der Waals surface area contributed by atoms with Gasteiger partial charge in [0.1, 0.15) is 5.52 Å². The van der Waals surface area contributed by atoms with E-state index in [1.165, 1.54) is 0 Å². The van der Waals surface area contributed by atoms with Crippen LogP contribution in [0.5, 0.6) is 0 Å². The minimum Gasteiger partial charge on any atom is -0.436 e. The molecule has 1 aromatic heterocycles. The van der Waals surface area contributed by atoms with Crippen molar-refractivity contribution in [3.05, 3.63) is 88.9 Å². The van der Waals surface area contributed by atoms with E-state index in [1.807, 2.05) is 60.7 Å². The Hall–Kier alpha value is -1.80. The van der Waals surface area contributed by atoms with Gasteiger partial charge >= 0.3 is 0 Å². The molecule has 0 atom stereocenters. The average molecular weight is 789 g/mol. The summed E-state index contributed by atoms with van der Waals surface area (Å²) < 4.78 is 8.66. The van der Waals surface area contributed by atoms with Gasteiger partial charge in [-0.1, -0.05) is 35.9 Å². The van der Waals surface area contributed by atoms with Crippen LogP contribution in [-0.4, -0.2) is 16.0 Å². The molecule has 5 nitrogen and oxygen atoms in total. The minimum absolute atomic E-state index is 0.183. The second-order valence-corrected chi connectivity index (χ2v) is 11.5. The number of nitrogens with one attached hydrogen (secondary N) is 2. The average Bonchev–Trinajstić information content (AvgIpc) is 3.24. The topological polar surface area (TPSA) is 67.2 Å². The lowest BCUT2D eigenvalue weighted by Crippen LogP contribution is -2.34. The summed E-state index contributed by atoms with van der Waals surface area (Å²) in [6.45, 7) is 0. The van der Waals surface area contributed by atoms with Crippen LogP contribution in [-0.2, 0) is 0 Å². The molecule has 0 aliphatic rings. The second-order valence-electron chi connectivity index (χ2n) is 7.50. The summed E-state index contributed by atoms with van der Waals surface area (Å²) in [5, 5.41) is 8.54. The van der Waals surface area contributed by atoms with Crippen molar-refractivity contribution in [1.29, 1.82) is 0 Å². The van der Waals surface area contributed by atoms with Gasteiger partial charge in [-0.2, -0.15) is 0 Å². The van der Waals surface area contributed by atoms with Crippen LogP contribution in [0.25, 0.3) is 33.3 Å². The lowest BCUT2D eigenvalue weighted by Gasteiger charge is -2.11. The Labute approximate surface area is 246 Å². The van der Waals surface area contributed by atoms with E-state index < -0.39 is 0 Å². The summed E-state index contributed by atoms with van der Waals surface area (Å²) in [5.74, 6) is 0.198. The monoisotopic (exact) mass is 787 g/mol. The summed E-state index contributed by atoms with van der Waals surface area (Å²) >= 11 is 19.6. The van der Waals surface area contributed by atoms with Gasteiger partial charge in [0.2, 0.25) is 5.89 Å². The van der Waals surface area contributed by atoms with Crippen molar-refractivity contribution >= 4 is 124 Å². The van der Waals surface area contributed by atoms with E-state index in [4.69, 9.17) is 28.2 Å². The van der Waals surface area contributed by atoms with Crippen LogP contribution in [0.15, 0.2) is 75.6 Å². The van der Waals surface area contributed by atoms with E-state index in [0.29, 0.717) is 33.3 Å². The standard InChI is InChI=1S/C25H13BrClI2N3O2S/c26-22-17(9-12(28)10-19(22)29)23(33)32-25(35)30-13-7-8-21-20(11-13)31-24(34-21)16-5-1-4-15-14(16)3-2-6-18(15)27/h1-11H,(H2,30,32,33,35). The zero-order chi connectivity index (χ0) is 24.7. The Morgan fingerprint density at radius 1 is 1.03 bits per heavy atom. The number of halogens is 4. The highest BCUT2D eigenvalue weighted by Crippen LogP contribution is 2.34. The normalized spacial score (nSPS) is 11.1. The third-order valence-electron chi connectivity index (χ3n) is 5.21. The van der Waals surface area contributed by atoms with Gasteiger partial charge in [0.15, 0.2) is 10.7 Å². The first-order valence-corrected chi connectivity index (χ1v) is 13.9. The predicted molar refractivity (Wildman–Crippen MR) is 165 cm³/mol. The van der Waals surface area contributed by atoms with Gasteiger partial charge in [-0.25, -0.2) is 4.98 Å². The van der Waals surface area contributed by atoms with E-state index in [2.05, 4.69) is 76.7 Å². The molecule has 2 N–H and O–H groups in total. The van der Waals surface area contributed by atoms with Gasteiger partial charge in [-0.3, -0.25) is 10.1 Å². The summed E-state index contributed by atoms with van der Waals surface area (Å²) in [6, 6.07) is 20.8. The minimum atomic E-state index is -0.301. The first-order valence-electron chi connectivity index (χ1n) is 10.2. The summed E-state index contributed by atoms with van der Waals surface area (Å²) in [4.78, 5) is 17.4. The fourth-order valence-corrected chi connectivity index (χ4v) is 6.33. The van der Waals surface area contributed by atoms with Gasteiger partial charge in [-0.05, 0) is 121 Å². The van der Waals surface area contributed by atoms with Crippen molar-refractivity contribution in [3.63, 3.8) is 0 Å². The summed E-state index contributed by atoms with van der Waals surface area (Å²) in [5.41, 5.74) is 3.35. The molecule has 1 heterocycles. The maximum absolute atomic E-state index is 12.8. The largest absolute Gasteiger partial charge is 0.436 e. The smallest absolute Gasteiger partial charge is 0.258 e. The van der Waals surface area contributed by atoms with E-state index in [9.17, 15) is 4.79 Å². The molecule has 0 aliphatic heterocycles. The van der Waals surface area contributed by atoms with Gasteiger partial charge in [0.25, 0.3) is 5.91 Å². The van der Waals surface area contributed by atoms with Crippen molar-refractivity contribution in [2.24, 2.45) is 0 Å². The zero-order valence-electron chi connectivity index (χ0n) is 17.5. The lowest BCUT2D eigenvalue weighted by molar-refractivity contribution is 0.0977. The molecule has 0 spiro atoms. The van der Waals surface area contributed by atoms with Gasteiger partial charge in [0.05, 0.1) is 5.56 Å². The van der Waals surface area contributed by atoms with E-state index in [-0.39, 0.29) is 11.0 Å². The first-order chi connectivity index (χ1) is 16.8. The van der Waals surface area contributed by atoms with Gasteiger partial charge in [-0.15, -0.1) is 0 Å². The number of thiocarbonyl (C=S) groups is 1. The van der Waals surface area contributed by atoms with Crippen LogP contribution in [0, 0.1) is 7.14 Å².